The minimum absolute atomic E-state index is 0.0151. The summed E-state index contributed by atoms with van der Waals surface area (Å²) in [7, 11) is 0. The number of carbonyl (C=O) groups is 2. The number of ketones is 1. The van der Waals surface area contributed by atoms with Crippen LogP contribution in [0.1, 0.15) is 55.3 Å². The van der Waals surface area contributed by atoms with Crippen LogP contribution in [0, 0.1) is 6.92 Å². The summed E-state index contributed by atoms with van der Waals surface area (Å²) in [6.07, 6.45) is 3.85. The van der Waals surface area contributed by atoms with E-state index >= 15 is 0 Å². The van der Waals surface area contributed by atoms with E-state index in [1.807, 2.05) is 50.2 Å². The number of ether oxygens (including phenoxy) is 1. The van der Waals surface area contributed by atoms with Crippen LogP contribution in [0.4, 0.5) is 0 Å². The third kappa shape index (κ3) is 3.60. The van der Waals surface area contributed by atoms with Gasteiger partial charge >= 0.3 is 0 Å². The molecule has 2 aromatic rings. The van der Waals surface area contributed by atoms with Crippen LogP contribution in [0.15, 0.2) is 54.1 Å². The summed E-state index contributed by atoms with van der Waals surface area (Å²) in [5.41, 5.74) is 2.57. The maximum Gasteiger partial charge on any atom is 0.295 e. The smallest absolute Gasteiger partial charge is 0.295 e. The second-order valence-corrected chi connectivity index (χ2v) is 8.01. The molecule has 2 aliphatic rings. The van der Waals surface area contributed by atoms with E-state index < -0.39 is 17.7 Å². The Hall–Kier alpha value is -3.08. The Morgan fingerprint density at radius 1 is 1.03 bits per heavy atom. The summed E-state index contributed by atoms with van der Waals surface area (Å²) in [6, 6.07) is 14.2. The van der Waals surface area contributed by atoms with Gasteiger partial charge in [0.2, 0.25) is 0 Å². The average molecular weight is 405 g/mol. The summed E-state index contributed by atoms with van der Waals surface area (Å²) >= 11 is 0. The maximum atomic E-state index is 13.1. The number of Topliss-reactive ketones (excluding diaryl/α,β-unsaturated/α-hetero) is 1. The van der Waals surface area contributed by atoms with Crippen LogP contribution in [-0.2, 0) is 9.59 Å². The number of amides is 1. The number of rotatable bonds is 5. The highest BCUT2D eigenvalue weighted by atomic mass is 16.5. The predicted molar refractivity (Wildman–Crippen MR) is 115 cm³/mol. The van der Waals surface area contributed by atoms with E-state index in [9.17, 15) is 14.7 Å². The van der Waals surface area contributed by atoms with Crippen molar-refractivity contribution in [2.75, 3.05) is 6.61 Å². The Labute approximate surface area is 177 Å². The quantitative estimate of drug-likeness (QED) is 0.443. The first-order valence-corrected chi connectivity index (χ1v) is 10.6. The molecule has 156 valence electrons. The fourth-order valence-electron chi connectivity index (χ4n) is 4.52. The molecule has 30 heavy (non-hydrogen) atoms. The van der Waals surface area contributed by atoms with Crippen molar-refractivity contribution in [1.29, 1.82) is 0 Å². The highest BCUT2D eigenvalue weighted by Crippen LogP contribution is 2.43. The fourth-order valence-corrected chi connectivity index (χ4v) is 4.52. The molecule has 0 spiro atoms. The lowest BCUT2D eigenvalue weighted by molar-refractivity contribution is -0.141. The van der Waals surface area contributed by atoms with Crippen LogP contribution in [0.25, 0.3) is 5.76 Å². The van der Waals surface area contributed by atoms with Crippen LogP contribution in [0.2, 0.25) is 0 Å². The third-order valence-corrected chi connectivity index (χ3v) is 6.03. The summed E-state index contributed by atoms with van der Waals surface area (Å²) in [5.74, 6) is -0.515. The van der Waals surface area contributed by atoms with Gasteiger partial charge in [-0.05, 0) is 44.4 Å². The number of likely N-dealkylation sites (tertiary alicyclic amines) is 1. The molecule has 4 rings (SSSR count). The molecule has 0 radical (unpaired) electrons. The Kier molecular flexibility index (Phi) is 5.62. The molecule has 1 aliphatic carbocycles. The lowest BCUT2D eigenvalue weighted by Crippen LogP contribution is -2.37. The van der Waals surface area contributed by atoms with Gasteiger partial charge in [0, 0.05) is 11.6 Å². The second-order valence-electron chi connectivity index (χ2n) is 8.01. The van der Waals surface area contributed by atoms with Gasteiger partial charge < -0.3 is 14.7 Å². The highest BCUT2D eigenvalue weighted by Gasteiger charge is 2.49. The van der Waals surface area contributed by atoms with E-state index in [1.165, 1.54) is 0 Å². The van der Waals surface area contributed by atoms with Gasteiger partial charge in [-0.25, -0.2) is 0 Å². The lowest BCUT2D eigenvalue weighted by atomic mass is 9.94. The van der Waals surface area contributed by atoms with Gasteiger partial charge in [-0.15, -0.1) is 0 Å². The Bertz CT molecular complexity index is 969. The van der Waals surface area contributed by atoms with Crippen molar-refractivity contribution in [2.24, 2.45) is 0 Å². The molecule has 0 aromatic heterocycles. The maximum absolute atomic E-state index is 13.1. The second kappa shape index (κ2) is 8.34. The van der Waals surface area contributed by atoms with E-state index in [2.05, 4.69) is 0 Å². The Morgan fingerprint density at radius 3 is 2.27 bits per heavy atom. The molecule has 1 saturated carbocycles. The lowest BCUT2D eigenvalue weighted by Gasteiger charge is -2.30. The average Bonchev–Trinajstić information content (AvgIpc) is 3.36. The first-order valence-electron chi connectivity index (χ1n) is 10.6. The number of aryl methyl sites for hydroxylation is 1. The van der Waals surface area contributed by atoms with Crippen molar-refractivity contribution in [3.8, 4) is 5.75 Å². The van der Waals surface area contributed by atoms with Crippen LogP contribution >= 0.6 is 0 Å². The van der Waals surface area contributed by atoms with Crippen LogP contribution in [-0.4, -0.2) is 34.3 Å². The Morgan fingerprint density at radius 2 is 1.67 bits per heavy atom. The van der Waals surface area contributed by atoms with Crippen molar-refractivity contribution >= 4 is 17.4 Å². The number of nitrogens with zero attached hydrogens (tertiary/aromatic N) is 1. The minimum atomic E-state index is -0.612. The zero-order chi connectivity index (χ0) is 21.3. The monoisotopic (exact) mass is 405 g/mol. The van der Waals surface area contributed by atoms with Gasteiger partial charge in [0.15, 0.2) is 0 Å². The number of aliphatic hydroxyl groups excluding tert-OH is 1. The molecule has 5 heteroatoms. The predicted octanol–water partition coefficient (Wildman–Crippen LogP) is 4.76. The number of carbonyl (C=O) groups excluding carboxylic acids is 2. The van der Waals surface area contributed by atoms with E-state index in [0.29, 0.717) is 12.2 Å². The summed E-state index contributed by atoms with van der Waals surface area (Å²) in [5, 5.41) is 11.1. The van der Waals surface area contributed by atoms with E-state index in [0.717, 1.165) is 42.6 Å². The molecule has 0 bridgehead atoms. The molecule has 1 saturated heterocycles. The first-order chi connectivity index (χ1) is 14.5. The highest BCUT2D eigenvalue weighted by molar-refractivity contribution is 6.46. The third-order valence-electron chi connectivity index (χ3n) is 6.03. The molecular weight excluding hydrogens is 378 g/mol. The fraction of sp³-hybridized carbons (Fsp3) is 0.360. The van der Waals surface area contributed by atoms with E-state index in [4.69, 9.17) is 4.74 Å². The zero-order valence-electron chi connectivity index (χ0n) is 17.4. The van der Waals surface area contributed by atoms with Gasteiger partial charge in [0.05, 0.1) is 18.2 Å². The normalized spacial score (nSPS) is 21.4. The molecular formula is C25H27NO4. The van der Waals surface area contributed by atoms with E-state index in [1.54, 1.807) is 17.0 Å². The molecule has 1 heterocycles. The van der Waals surface area contributed by atoms with Gasteiger partial charge in [0.1, 0.15) is 11.5 Å². The topological polar surface area (TPSA) is 66.8 Å². The van der Waals surface area contributed by atoms with Crippen molar-refractivity contribution < 1.29 is 19.4 Å². The molecule has 1 atom stereocenters. The van der Waals surface area contributed by atoms with Gasteiger partial charge in [-0.3, -0.25) is 9.59 Å². The molecule has 1 aliphatic heterocycles. The molecule has 2 aromatic carbocycles. The van der Waals surface area contributed by atoms with Crippen molar-refractivity contribution in [1.82, 2.24) is 4.90 Å². The van der Waals surface area contributed by atoms with Gasteiger partial charge in [-0.1, -0.05) is 54.8 Å². The molecule has 2 fully saturated rings. The Balaban J connectivity index is 1.83. The first kappa shape index (κ1) is 20.2. The number of aliphatic hydroxyl groups is 1. The standard InChI is InChI=1S/C25H27NO4/c1-3-30-20-14-12-17(13-15-20)22-21(23(27)18-10-8-16(2)9-11-18)24(28)25(29)26(22)19-6-4-5-7-19/h8-15,19,22,27H,3-7H2,1-2H3/b23-21-. The van der Waals surface area contributed by atoms with Crippen molar-refractivity contribution in [2.45, 2.75) is 51.6 Å². The van der Waals surface area contributed by atoms with Crippen molar-refractivity contribution in [3.05, 3.63) is 70.8 Å². The molecule has 1 unspecified atom stereocenters. The summed E-state index contributed by atoms with van der Waals surface area (Å²) in [6.45, 7) is 4.45. The largest absolute Gasteiger partial charge is 0.507 e. The zero-order valence-corrected chi connectivity index (χ0v) is 17.4. The number of hydrogen-bond acceptors (Lipinski definition) is 4. The van der Waals surface area contributed by atoms with Gasteiger partial charge in [-0.2, -0.15) is 0 Å². The minimum Gasteiger partial charge on any atom is -0.507 e. The van der Waals surface area contributed by atoms with Crippen LogP contribution in [0.5, 0.6) is 5.75 Å². The summed E-state index contributed by atoms with van der Waals surface area (Å²) < 4.78 is 5.54. The molecule has 5 nitrogen and oxygen atoms in total. The van der Waals surface area contributed by atoms with E-state index in [-0.39, 0.29) is 17.4 Å². The SMILES string of the molecule is CCOc1ccc(C2/C(=C(/O)c3ccc(C)cc3)C(=O)C(=O)N2C2CCCC2)cc1. The molecule has 1 N–H and O–H groups in total. The molecule has 1 amide bonds. The number of benzene rings is 2. The van der Waals surface area contributed by atoms with Crippen LogP contribution < -0.4 is 4.74 Å². The van der Waals surface area contributed by atoms with Crippen LogP contribution in [0.3, 0.4) is 0 Å². The number of hydrogen-bond donors (Lipinski definition) is 1. The van der Waals surface area contributed by atoms with Crippen molar-refractivity contribution in [3.63, 3.8) is 0 Å². The summed E-state index contributed by atoms with van der Waals surface area (Å²) in [4.78, 5) is 27.8. The van der Waals surface area contributed by atoms with Gasteiger partial charge in [0.25, 0.3) is 11.7 Å².